The van der Waals surface area contributed by atoms with Gasteiger partial charge in [-0.15, -0.1) is 5.10 Å². The van der Waals surface area contributed by atoms with Crippen LogP contribution in [0.1, 0.15) is 11.1 Å². The van der Waals surface area contributed by atoms with Gasteiger partial charge in [-0.25, -0.2) is 4.98 Å². The Bertz CT molecular complexity index is 892. The van der Waals surface area contributed by atoms with Gasteiger partial charge in [0.1, 0.15) is 0 Å². The Kier molecular flexibility index (Phi) is 5.55. The standard InChI is InChI=1S/C18H17BrN4OS/c1-11-3-8-15(9-12(11)2)20-16(24)10-25-18-21-17(22-23-18)13-4-6-14(19)7-5-13/h3-9H,10H2,1-2H3,(H,20,24)(H,21,22,23). The molecular formula is C18H17BrN4OS. The number of aromatic amines is 1. The number of rotatable bonds is 5. The highest BCUT2D eigenvalue weighted by atomic mass is 79.9. The number of benzene rings is 2. The number of nitrogens with zero attached hydrogens (tertiary/aromatic N) is 2. The van der Waals surface area contributed by atoms with E-state index in [1.165, 1.54) is 17.3 Å². The van der Waals surface area contributed by atoms with Crippen LogP contribution in [-0.4, -0.2) is 26.8 Å². The van der Waals surface area contributed by atoms with Crippen molar-refractivity contribution >= 4 is 39.3 Å². The molecule has 0 unspecified atom stereocenters. The van der Waals surface area contributed by atoms with E-state index >= 15 is 0 Å². The maximum Gasteiger partial charge on any atom is 0.234 e. The van der Waals surface area contributed by atoms with Crippen LogP contribution in [0.25, 0.3) is 11.4 Å². The number of halogens is 1. The molecule has 1 heterocycles. The number of carbonyl (C=O) groups is 1. The first-order valence-electron chi connectivity index (χ1n) is 7.69. The quantitative estimate of drug-likeness (QED) is 0.596. The van der Waals surface area contributed by atoms with E-state index in [1.54, 1.807) is 0 Å². The minimum Gasteiger partial charge on any atom is -0.325 e. The normalized spacial score (nSPS) is 10.7. The van der Waals surface area contributed by atoms with Crippen molar-refractivity contribution in [2.75, 3.05) is 11.1 Å². The Balaban J connectivity index is 1.57. The lowest BCUT2D eigenvalue weighted by molar-refractivity contribution is -0.113. The average Bonchev–Trinajstić information content (AvgIpc) is 3.06. The summed E-state index contributed by atoms with van der Waals surface area (Å²) in [6.45, 7) is 4.07. The number of nitrogens with one attached hydrogen (secondary N) is 2. The molecule has 0 saturated carbocycles. The SMILES string of the molecule is Cc1ccc(NC(=O)CSc2n[nH]c(-c3ccc(Br)cc3)n2)cc1C. The van der Waals surface area contributed by atoms with Gasteiger partial charge in [-0.3, -0.25) is 9.89 Å². The molecule has 0 aliphatic rings. The topological polar surface area (TPSA) is 70.7 Å². The Labute approximate surface area is 158 Å². The van der Waals surface area contributed by atoms with Gasteiger partial charge >= 0.3 is 0 Å². The number of aromatic nitrogens is 3. The summed E-state index contributed by atoms with van der Waals surface area (Å²) >= 11 is 4.70. The maximum absolute atomic E-state index is 12.1. The van der Waals surface area contributed by atoms with Crippen LogP contribution in [0.4, 0.5) is 5.69 Å². The predicted octanol–water partition coefficient (Wildman–Crippen LogP) is 4.58. The Hall–Kier alpha value is -2.12. The minimum absolute atomic E-state index is 0.0803. The largest absolute Gasteiger partial charge is 0.325 e. The molecule has 3 rings (SSSR count). The Morgan fingerprint density at radius 3 is 2.64 bits per heavy atom. The summed E-state index contributed by atoms with van der Waals surface area (Å²) in [7, 11) is 0. The lowest BCUT2D eigenvalue weighted by Crippen LogP contribution is -2.14. The highest BCUT2D eigenvalue weighted by molar-refractivity contribution is 9.10. The van der Waals surface area contributed by atoms with Crippen LogP contribution in [0, 0.1) is 13.8 Å². The summed E-state index contributed by atoms with van der Waals surface area (Å²) in [6, 6.07) is 13.7. The summed E-state index contributed by atoms with van der Waals surface area (Å²) in [6.07, 6.45) is 0. The minimum atomic E-state index is -0.0803. The number of hydrogen-bond acceptors (Lipinski definition) is 4. The van der Waals surface area contributed by atoms with Crippen molar-refractivity contribution in [3.05, 3.63) is 58.1 Å². The summed E-state index contributed by atoms with van der Waals surface area (Å²) in [4.78, 5) is 16.5. The second-order valence-electron chi connectivity index (χ2n) is 5.61. The lowest BCUT2D eigenvalue weighted by Gasteiger charge is -2.06. The van der Waals surface area contributed by atoms with Gasteiger partial charge < -0.3 is 5.32 Å². The van der Waals surface area contributed by atoms with Crippen LogP contribution in [0.3, 0.4) is 0 Å². The second-order valence-corrected chi connectivity index (χ2v) is 7.47. The molecule has 2 N–H and O–H groups in total. The molecule has 0 atom stereocenters. The van der Waals surface area contributed by atoms with Crippen LogP contribution in [0.5, 0.6) is 0 Å². The van der Waals surface area contributed by atoms with Gasteiger partial charge in [0.2, 0.25) is 11.1 Å². The molecule has 0 fully saturated rings. The highest BCUT2D eigenvalue weighted by Crippen LogP contribution is 2.21. The van der Waals surface area contributed by atoms with E-state index in [0.29, 0.717) is 11.0 Å². The fraction of sp³-hybridized carbons (Fsp3) is 0.167. The molecule has 0 aliphatic carbocycles. The predicted molar refractivity (Wildman–Crippen MR) is 105 cm³/mol. The number of hydrogen-bond donors (Lipinski definition) is 2. The van der Waals surface area contributed by atoms with Gasteiger partial charge in [-0.1, -0.05) is 45.9 Å². The number of aryl methyl sites for hydroxylation is 2. The summed E-state index contributed by atoms with van der Waals surface area (Å²) in [5.74, 6) is 0.859. The molecule has 3 aromatic rings. The van der Waals surface area contributed by atoms with Crippen molar-refractivity contribution < 1.29 is 4.79 Å². The summed E-state index contributed by atoms with van der Waals surface area (Å²) in [5.41, 5.74) is 4.11. The fourth-order valence-corrected chi connectivity index (χ4v) is 3.06. The summed E-state index contributed by atoms with van der Waals surface area (Å²) in [5, 5.41) is 10.5. The molecule has 0 spiro atoms. The first-order chi connectivity index (χ1) is 12.0. The van der Waals surface area contributed by atoms with Crippen molar-refractivity contribution in [1.82, 2.24) is 15.2 Å². The van der Waals surface area contributed by atoms with Crippen LogP contribution in [0.15, 0.2) is 52.1 Å². The van der Waals surface area contributed by atoms with Crippen molar-refractivity contribution in [3.8, 4) is 11.4 Å². The van der Waals surface area contributed by atoms with Crippen molar-refractivity contribution in [2.45, 2.75) is 19.0 Å². The van der Waals surface area contributed by atoms with Gasteiger partial charge in [0, 0.05) is 15.7 Å². The second kappa shape index (κ2) is 7.84. The van der Waals surface area contributed by atoms with E-state index < -0.39 is 0 Å². The van der Waals surface area contributed by atoms with Gasteiger partial charge in [0.05, 0.1) is 5.75 Å². The molecule has 0 bridgehead atoms. The fourth-order valence-electron chi connectivity index (χ4n) is 2.19. The van der Waals surface area contributed by atoms with Gasteiger partial charge in [-0.2, -0.15) is 0 Å². The number of anilines is 1. The van der Waals surface area contributed by atoms with E-state index in [1.807, 2.05) is 56.3 Å². The molecule has 128 valence electrons. The highest BCUT2D eigenvalue weighted by Gasteiger charge is 2.09. The van der Waals surface area contributed by atoms with Gasteiger partial charge in [0.25, 0.3) is 0 Å². The van der Waals surface area contributed by atoms with E-state index in [0.717, 1.165) is 21.3 Å². The van der Waals surface area contributed by atoms with Crippen LogP contribution < -0.4 is 5.32 Å². The Morgan fingerprint density at radius 1 is 1.16 bits per heavy atom. The molecule has 7 heteroatoms. The number of carbonyl (C=O) groups excluding carboxylic acids is 1. The van der Waals surface area contributed by atoms with E-state index in [2.05, 4.69) is 36.4 Å². The smallest absolute Gasteiger partial charge is 0.234 e. The van der Waals surface area contributed by atoms with Crippen LogP contribution >= 0.6 is 27.7 Å². The third-order valence-electron chi connectivity index (χ3n) is 3.71. The van der Waals surface area contributed by atoms with Gasteiger partial charge in [-0.05, 0) is 49.2 Å². The number of amides is 1. The number of H-pyrrole nitrogens is 1. The molecular weight excluding hydrogens is 400 g/mol. The molecule has 1 amide bonds. The monoisotopic (exact) mass is 416 g/mol. The molecule has 25 heavy (non-hydrogen) atoms. The van der Waals surface area contributed by atoms with Crippen molar-refractivity contribution in [3.63, 3.8) is 0 Å². The zero-order valence-electron chi connectivity index (χ0n) is 13.8. The third kappa shape index (κ3) is 4.70. The Morgan fingerprint density at radius 2 is 1.92 bits per heavy atom. The van der Waals surface area contributed by atoms with Crippen LogP contribution in [0.2, 0.25) is 0 Å². The molecule has 5 nitrogen and oxygen atoms in total. The maximum atomic E-state index is 12.1. The lowest BCUT2D eigenvalue weighted by atomic mass is 10.1. The van der Waals surface area contributed by atoms with Crippen molar-refractivity contribution in [2.24, 2.45) is 0 Å². The average molecular weight is 417 g/mol. The zero-order valence-corrected chi connectivity index (χ0v) is 16.2. The third-order valence-corrected chi connectivity index (χ3v) is 5.08. The number of thioether (sulfide) groups is 1. The van der Waals surface area contributed by atoms with E-state index in [9.17, 15) is 4.79 Å². The molecule has 1 aromatic heterocycles. The first-order valence-corrected chi connectivity index (χ1v) is 9.47. The van der Waals surface area contributed by atoms with E-state index in [4.69, 9.17) is 0 Å². The van der Waals surface area contributed by atoms with Gasteiger partial charge in [0.15, 0.2) is 5.82 Å². The molecule has 2 aromatic carbocycles. The first kappa shape index (κ1) is 17.7. The van der Waals surface area contributed by atoms with E-state index in [-0.39, 0.29) is 11.7 Å². The molecule has 0 saturated heterocycles. The molecule has 0 radical (unpaired) electrons. The van der Waals surface area contributed by atoms with Crippen molar-refractivity contribution in [1.29, 1.82) is 0 Å². The molecule has 0 aliphatic heterocycles. The van der Waals surface area contributed by atoms with Crippen LogP contribution in [-0.2, 0) is 4.79 Å². The summed E-state index contributed by atoms with van der Waals surface area (Å²) < 4.78 is 1.01. The zero-order chi connectivity index (χ0) is 17.8.